The number of imide groups is 1. The molecule has 1 fully saturated rings. The van der Waals surface area contributed by atoms with Crippen LogP contribution < -0.4 is 16.0 Å². The Kier molecular flexibility index (Phi) is 4.89. The molecule has 0 aromatic carbocycles. The lowest BCUT2D eigenvalue weighted by Gasteiger charge is -2.38. The molecule has 0 spiro atoms. The first-order valence-electron chi connectivity index (χ1n) is 5.92. The molecule has 1 rings (SSSR count). The van der Waals surface area contributed by atoms with Crippen molar-refractivity contribution in [2.45, 2.75) is 25.3 Å². The molecule has 0 aliphatic carbocycles. The first-order valence-corrected chi connectivity index (χ1v) is 5.92. The molecular weight excluding hydrogens is 220 g/mol. The van der Waals surface area contributed by atoms with Gasteiger partial charge in [-0.2, -0.15) is 0 Å². The average Bonchev–Trinajstić information content (AvgIpc) is 2.32. The maximum Gasteiger partial charge on any atom is 0.321 e. The van der Waals surface area contributed by atoms with Gasteiger partial charge in [0.2, 0.25) is 5.91 Å². The summed E-state index contributed by atoms with van der Waals surface area (Å²) in [5.41, 5.74) is 0.174. The van der Waals surface area contributed by atoms with Gasteiger partial charge in [0.25, 0.3) is 0 Å². The lowest BCUT2D eigenvalue weighted by atomic mass is 9.90. The van der Waals surface area contributed by atoms with Crippen LogP contribution in [-0.2, 0) is 4.79 Å². The Morgan fingerprint density at radius 1 is 1.24 bits per heavy atom. The molecule has 0 unspecified atom stereocenters. The van der Waals surface area contributed by atoms with E-state index in [-0.39, 0.29) is 18.0 Å². The number of rotatable bonds is 3. The first-order chi connectivity index (χ1) is 7.99. The van der Waals surface area contributed by atoms with E-state index in [2.05, 4.69) is 27.8 Å². The second kappa shape index (κ2) is 5.97. The minimum absolute atomic E-state index is 0.174. The number of amides is 3. The Balaban J connectivity index is 2.31. The number of hydrogen-bond donors (Lipinski definition) is 3. The van der Waals surface area contributed by atoms with Crippen molar-refractivity contribution in [2.24, 2.45) is 0 Å². The fourth-order valence-corrected chi connectivity index (χ4v) is 1.89. The van der Waals surface area contributed by atoms with Crippen LogP contribution in [0.4, 0.5) is 4.79 Å². The molecule has 6 nitrogen and oxygen atoms in total. The van der Waals surface area contributed by atoms with Gasteiger partial charge in [-0.25, -0.2) is 4.79 Å². The van der Waals surface area contributed by atoms with Gasteiger partial charge in [0.1, 0.15) is 0 Å². The van der Waals surface area contributed by atoms with Crippen molar-refractivity contribution in [3.05, 3.63) is 0 Å². The van der Waals surface area contributed by atoms with Crippen LogP contribution in [0.15, 0.2) is 0 Å². The summed E-state index contributed by atoms with van der Waals surface area (Å²) in [6.45, 7) is 4.22. The summed E-state index contributed by atoms with van der Waals surface area (Å²) in [7, 11) is 3.45. The highest BCUT2D eigenvalue weighted by Crippen LogP contribution is 2.20. The monoisotopic (exact) mass is 242 g/mol. The number of carbonyl (C=O) groups is 2. The Hall–Kier alpha value is -1.14. The predicted molar refractivity (Wildman–Crippen MR) is 65.7 cm³/mol. The third-order valence-electron chi connectivity index (χ3n) is 3.41. The van der Waals surface area contributed by atoms with E-state index in [1.54, 1.807) is 0 Å². The van der Waals surface area contributed by atoms with Crippen LogP contribution in [0.5, 0.6) is 0 Å². The van der Waals surface area contributed by atoms with Crippen molar-refractivity contribution in [2.75, 3.05) is 33.7 Å². The van der Waals surface area contributed by atoms with Crippen LogP contribution in [0, 0.1) is 0 Å². The van der Waals surface area contributed by atoms with Crippen LogP contribution >= 0.6 is 0 Å². The van der Waals surface area contributed by atoms with Gasteiger partial charge in [0, 0.05) is 25.7 Å². The zero-order chi connectivity index (χ0) is 12.9. The molecule has 0 aromatic heterocycles. The van der Waals surface area contributed by atoms with Gasteiger partial charge in [0.15, 0.2) is 0 Å². The Morgan fingerprint density at radius 3 is 2.29 bits per heavy atom. The number of nitrogens with zero attached hydrogens (tertiary/aromatic N) is 1. The zero-order valence-electron chi connectivity index (χ0n) is 10.8. The van der Waals surface area contributed by atoms with Crippen molar-refractivity contribution in [1.82, 2.24) is 20.9 Å². The minimum atomic E-state index is -0.452. The van der Waals surface area contributed by atoms with E-state index in [0.29, 0.717) is 0 Å². The van der Waals surface area contributed by atoms with Gasteiger partial charge in [-0.05, 0) is 26.8 Å². The molecule has 6 heteroatoms. The van der Waals surface area contributed by atoms with Gasteiger partial charge >= 0.3 is 6.03 Å². The van der Waals surface area contributed by atoms with E-state index in [4.69, 9.17) is 0 Å². The normalized spacial score (nSPS) is 19.7. The largest absolute Gasteiger partial charge is 0.341 e. The maximum atomic E-state index is 11.5. The topological polar surface area (TPSA) is 73.5 Å². The molecule has 17 heavy (non-hydrogen) atoms. The third kappa shape index (κ3) is 4.32. The summed E-state index contributed by atoms with van der Waals surface area (Å²) in [5, 5.41) is 7.93. The highest BCUT2D eigenvalue weighted by molar-refractivity contribution is 5.95. The molecule has 1 heterocycles. The number of urea groups is 1. The van der Waals surface area contributed by atoms with Gasteiger partial charge in [0.05, 0.1) is 6.54 Å². The lowest BCUT2D eigenvalue weighted by Crippen LogP contribution is -2.52. The molecule has 1 aliphatic heterocycles. The summed E-state index contributed by atoms with van der Waals surface area (Å²) in [4.78, 5) is 24.5. The Labute approximate surface area is 102 Å². The molecule has 0 radical (unpaired) electrons. The van der Waals surface area contributed by atoms with E-state index in [0.717, 1.165) is 25.9 Å². The third-order valence-corrected chi connectivity index (χ3v) is 3.41. The molecule has 98 valence electrons. The number of piperidine rings is 1. The summed E-state index contributed by atoms with van der Waals surface area (Å²) in [6.07, 6.45) is 2.02. The lowest BCUT2D eigenvalue weighted by molar-refractivity contribution is -0.121. The number of hydrogen-bond acceptors (Lipinski definition) is 4. The van der Waals surface area contributed by atoms with Gasteiger partial charge < -0.3 is 10.6 Å². The SMILES string of the molecule is CNC(=O)NC(=O)CN1CCC(C)(NC)CC1. The van der Waals surface area contributed by atoms with Crippen LogP contribution in [0.25, 0.3) is 0 Å². The minimum Gasteiger partial charge on any atom is -0.341 e. The molecule has 0 bridgehead atoms. The second-order valence-corrected chi connectivity index (χ2v) is 4.71. The quantitative estimate of drug-likeness (QED) is 0.625. The van der Waals surface area contributed by atoms with Crippen LogP contribution in [0.2, 0.25) is 0 Å². The number of nitrogens with one attached hydrogen (secondary N) is 3. The van der Waals surface area contributed by atoms with E-state index in [9.17, 15) is 9.59 Å². The van der Waals surface area contributed by atoms with Crippen molar-refractivity contribution in [1.29, 1.82) is 0 Å². The smallest absolute Gasteiger partial charge is 0.321 e. The van der Waals surface area contributed by atoms with Crippen LogP contribution in [-0.4, -0.2) is 56.1 Å². The van der Waals surface area contributed by atoms with Gasteiger partial charge in [-0.3, -0.25) is 15.0 Å². The molecule has 1 aliphatic rings. The fourth-order valence-electron chi connectivity index (χ4n) is 1.89. The summed E-state index contributed by atoms with van der Waals surface area (Å²) < 4.78 is 0. The fraction of sp³-hybridized carbons (Fsp3) is 0.818. The Bertz CT molecular complexity index is 285. The first kappa shape index (κ1) is 13.9. The van der Waals surface area contributed by atoms with Gasteiger partial charge in [-0.15, -0.1) is 0 Å². The predicted octanol–water partition coefficient (Wildman–Crippen LogP) is -0.484. The Morgan fingerprint density at radius 2 is 1.82 bits per heavy atom. The molecule has 3 amide bonds. The summed E-state index contributed by atoms with van der Waals surface area (Å²) in [5.74, 6) is -0.252. The molecular formula is C11H22N4O2. The average molecular weight is 242 g/mol. The second-order valence-electron chi connectivity index (χ2n) is 4.71. The van der Waals surface area contributed by atoms with E-state index >= 15 is 0 Å². The summed E-state index contributed by atoms with van der Waals surface area (Å²) >= 11 is 0. The molecule has 1 saturated heterocycles. The van der Waals surface area contributed by atoms with E-state index < -0.39 is 6.03 Å². The number of carbonyl (C=O) groups excluding carboxylic acids is 2. The summed E-state index contributed by atoms with van der Waals surface area (Å²) in [6, 6.07) is -0.452. The highest BCUT2D eigenvalue weighted by atomic mass is 16.2. The maximum absolute atomic E-state index is 11.5. The van der Waals surface area contributed by atoms with E-state index in [1.165, 1.54) is 7.05 Å². The van der Waals surface area contributed by atoms with Crippen molar-refractivity contribution in [3.63, 3.8) is 0 Å². The standard InChI is InChI=1S/C11H22N4O2/c1-11(13-3)4-6-15(7-5-11)8-9(16)14-10(17)12-2/h13H,4-8H2,1-3H3,(H2,12,14,16,17). The van der Waals surface area contributed by atoms with Crippen LogP contribution in [0.1, 0.15) is 19.8 Å². The van der Waals surface area contributed by atoms with Crippen molar-refractivity contribution >= 4 is 11.9 Å². The zero-order valence-corrected chi connectivity index (χ0v) is 10.8. The molecule has 3 N–H and O–H groups in total. The van der Waals surface area contributed by atoms with Gasteiger partial charge in [-0.1, -0.05) is 0 Å². The van der Waals surface area contributed by atoms with Crippen molar-refractivity contribution in [3.8, 4) is 0 Å². The molecule has 0 atom stereocenters. The highest BCUT2D eigenvalue weighted by Gasteiger charge is 2.28. The number of likely N-dealkylation sites (tertiary alicyclic amines) is 1. The van der Waals surface area contributed by atoms with E-state index in [1.807, 2.05) is 7.05 Å². The van der Waals surface area contributed by atoms with Crippen LogP contribution in [0.3, 0.4) is 0 Å². The van der Waals surface area contributed by atoms with Crippen molar-refractivity contribution < 1.29 is 9.59 Å². The molecule has 0 saturated carbocycles. The molecule has 0 aromatic rings.